The first-order chi connectivity index (χ1) is 7.00. The minimum absolute atomic E-state index is 0.0345. The van der Waals surface area contributed by atoms with Crippen molar-refractivity contribution < 1.29 is 0 Å². The molecule has 3 nitrogen and oxygen atoms in total. The van der Waals surface area contributed by atoms with Crippen molar-refractivity contribution in [1.82, 2.24) is 4.98 Å². The molecule has 3 N–H and O–H groups in total. The predicted molar refractivity (Wildman–Crippen MR) is 66.3 cm³/mol. The Bertz CT molecular complexity index is 335. The first kappa shape index (κ1) is 12.1. The molecule has 0 amide bonds. The maximum atomic E-state index is 6.04. The molecule has 0 saturated heterocycles. The normalized spacial score (nSPS) is 11.5. The Balaban J connectivity index is 2.89. The molecule has 15 heavy (non-hydrogen) atoms. The van der Waals surface area contributed by atoms with Crippen molar-refractivity contribution in [2.24, 2.45) is 0 Å². The summed E-state index contributed by atoms with van der Waals surface area (Å²) in [5.41, 5.74) is 6.20. The van der Waals surface area contributed by atoms with Crippen molar-refractivity contribution in [2.45, 2.75) is 39.2 Å². The minimum atomic E-state index is 0.0345. The average molecular weight is 228 g/mol. The van der Waals surface area contributed by atoms with Crippen molar-refractivity contribution >= 4 is 23.1 Å². The molecule has 0 radical (unpaired) electrons. The fraction of sp³-hybridized carbons (Fsp3) is 0.545. The molecule has 0 aliphatic rings. The molecule has 0 spiro atoms. The topological polar surface area (TPSA) is 50.9 Å². The van der Waals surface area contributed by atoms with Crippen LogP contribution in [0.25, 0.3) is 0 Å². The summed E-state index contributed by atoms with van der Waals surface area (Å²) in [7, 11) is 0. The number of rotatable bonds is 4. The molecule has 0 saturated carbocycles. The number of nitrogen functional groups attached to an aromatic ring is 1. The number of anilines is 2. The van der Waals surface area contributed by atoms with Crippen LogP contribution in [-0.2, 0) is 0 Å². The Kier molecular flexibility index (Phi) is 3.80. The van der Waals surface area contributed by atoms with Crippen molar-refractivity contribution in [3.63, 3.8) is 0 Å². The maximum Gasteiger partial charge on any atom is 0.145 e. The molecule has 1 aromatic rings. The van der Waals surface area contributed by atoms with Crippen LogP contribution in [0.5, 0.6) is 0 Å². The molecule has 1 heterocycles. The van der Waals surface area contributed by atoms with Gasteiger partial charge in [-0.25, -0.2) is 4.98 Å². The molecule has 84 valence electrons. The summed E-state index contributed by atoms with van der Waals surface area (Å²) in [5, 5.41) is 3.92. The summed E-state index contributed by atoms with van der Waals surface area (Å²) in [6, 6.07) is 1.71. The Labute approximate surface area is 96.0 Å². The number of hydrogen-bond donors (Lipinski definition) is 2. The molecule has 1 rings (SSSR count). The highest BCUT2D eigenvalue weighted by Crippen LogP contribution is 2.26. The largest absolute Gasteiger partial charge is 0.397 e. The quantitative estimate of drug-likeness (QED) is 0.830. The number of nitrogens with two attached hydrogens (primary N) is 1. The summed E-state index contributed by atoms with van der Waals surface area (Å²) in [4.78, 5) is 4.19. The fourth-order valence-corrected chi connectivity index (χ4v) is 1.48. The van der Waals surface area contributed by atoms with E-state index in [2.05, 4.69) is 31.1 Å². The molecular weight excluding hydrogens is 210 g/mol. The third kappa shape index (κ3) is 2.99. The fourth-order valence-electron chi connectivity index (χ4n) is 1.26. The van der Waals surface area contributed by atoms with Gasteiger partial charge >= 0.3 is 0 Å². The lowest BCUT2D eigenvalue weighted by Crippen LogP contribution is -2.33. The Morgan fingerprint density at radius 1 is 1.47 bits per heavy atom. The van der Waals surface area contributed by atoms with E-state index in [-0.39, 0.29) is 5.54 Å². The zero-order chi connectivity index (χ0) is 11.5. The van der Waals surface area contributed by atoms with E-state index < -0.39 is 0 Å². The molecule has 0 atom stereocenters. The number of nitrogens with one attached hydrogen (secondary N) is 1. The second-order valence-electron chi connectivity index (χ2n) is 3.99. The minimum Gasteiger partial charge on any atom is -0.397 e. The smallest absolute Gasteiger partial charge is 0.145 e. The van der Waals surface area contributed by atoms with Gasteiger partial charge in [0.25, 0.3) is 0 Å². The van der Waals surface area contributed by atoms with Gasteiger partial charge in [-0.15, -0.1) is 0 Å². The first-order valence-corrected chi connectivity index (χ1v) is 5.57. The van der Waals surface area contributed by atoms with E-state index in [0.29, 0.717) is 16.5 Å². The average Bonchev–Trinajstić information content (AvgIpc) is 2.22. The highest BCUT2D eigenvalue weighted by molar-refractivity contribution is 6.33. The van der Waals surface area contributed by atoms with Crippen molar-refractivity contribution in [3.8, 4) is 0 Å². The van der Waals surface area contributed by atoms with E-state index in [4.69, 9.17) is 17.3 Å². The molecule has 0 unspecified atom stereocenters. The highest BCUT2D eigenvalue weighted by atomic mass is 35.5. The number of halogens is 1. The summed E-state index contributed by atoms with van der Waals surface area (Å²) in [6.07, 6.45) is 3.65. The zero-order valence-corrected chi connectivity index (χ0v) is 10.2. The van der Waals surface area contributed by atoms with Crippen LogP contribution >= 0.6 is 11.6 Å². The molecule has 4 heteroatoms. The second-order valence-corrected chi connectivity index (χ2v) is 4.40. The van der Waals surface area contributed by atoms with Crippen LogP contribution in [0.15, 0.2) is 12.3 Å². The molecule has 0 bridgehead atoms. The summed E-state index contributed by atoms with van der Waals surface area (Å²) in [6.45, 7) is 6.44. The SMILES string of the molecule is CCC(C)(CC)Nc1ncc(N)cc1Cl. The predicted octanol–water partition coefficient (Wildman–Crippen LogP) is 3.31. The van der Waals surface area contributed by atoms with E-state index >= 15 is 0 Å². The van der Waals surface area contributed by atoms with Crippen LogP contribution in [-0.4, -0.2) is 10.5 Å². The molecule has 0 aliphatic carbocycles. The van der Waals surface area contributed by atoms with Crippen molar-refractivity contribution in [3.05, 3.63) is 17.3 Å². The lowest BCUT2D eigenvalue weighted by molar-refractivity contribution is 0.477. The summed E-state index contributed by atoms with van der Waals surface area (Å²) >= 11 is 6.04. The van der Waals surface area contributed by atoms with Crippen LogP contribution in [0.2, 0.25) is 5.02 Å². The molecule has 0 aromatic carbocycles. The Morgan fingerprint density at radius 3 is 2.53 bits per heavy atom. The molecule has 0 aliphatic heterocycles. The number of pyridine rings is 1. The van der Waals surface area contributed by atoms with Gasteiger partial charge in [0.2, 0.25) is 0 Å². The third-order valence-corrected chi connectivity index (χ3v) is 3.13. The zero-order valence-electron chi connectivity index (χ0n) is 9.47. The van der Waals surface area contributed by atoms with Gasteiger partial charge in [-0.2, -0.15) is 0 Å². The highest BCUT2D eigenvalue weighted by Gasteiger charge is 2.20. The second kappa shape index (κ2) is 4.71. The third-order valence-electron chi connectivity index (χ3n) is 2.84. The van der Waals surface area contributed by atoms with Gasteiger partial charge in [-0.3, -0.25) is 0 Å². The lowest BCUT2D eigenvalue weighted by Gasteiger charge is -2.29. The summed E-state index contributed by atoms with van der Waals surface area (Å²) < 4.78 is 0. The van der Waals surface area contributed by atoms with Gasteiger partial charge < -0.3 is 11.1 Å². The van der Waals surface area contributed by atoms with Crippen LogP contribution in [0.1, 0.15) is 33.6 Å². The van der Waals surface area contributed by atoms with Gasteiger partial charge in [0, 0.05) is 5.54 Å². The summed E-state index contributed by atoms with van der Waals surface area (Å²) in [5.74, 6) is 0.706. The first-order valence-electron chi connectivity index (χ1n) is 5.20. The van der Waals surface area contributed by atoms with Crippen LogP contribution in [0, 0.1) is 0 Å². The van der Waals surface area contributed by atoms with E-state index in [9.17, 15) is 0 Å². The maximum absolute atomic E-state index is 6.04. The Morgan fingerprint density at radius 2 is 2.07 bits per heavy atom. The van der Waals surface area contributed by atoms with Gasteiger partial charge in [-0.1, -0.05) is 25.4 Å². The molecular formula is C11H18ClN3. The monoisotopic (exact) mass is 227 g/mol. The van der Waals surface area contributed by atoms with E-state index in [1.54, 1.807) is 12.3 Å². The van der Waals surface area contributed by atoms with Crippen molar-refractivity contribution in [2.75, 3.05) is 11.1 Å². The Hall–Kier alpha value is -0.960. The molecule has 1 aromatic heterocycles. The van der Waals surface area contributed by atoms with Crippen LogP contribution in [0.4, 0.5) is 11.5 Å². The van der Waals surface area contributed by atoms with Gasteiger partial charge in [0.1, 0.15) is 5.82 Å². The number of hydrogen-bond acceptors (Lipinski definition) is 3. The van der Waals surface area contributed by atoms with Gasteiger partial charge in [0.05, 0.1) is 16.9 Å². The van der Waals surface area contributed by atoms with E-state index in [1.807, 2.05) is 0 Å². The van der Waals surface area contributed by atoms with Crippen LogP contribution in [0.3, 0.4) is 0 Å². The van der Waals surface area contributed by atoms with Crippen molar-refractivity contribution in [1.29, 1.82) is 0 Å². The van der Waals surface area contributed by atoms with Gasteiger partial charge in [-0.05, 0) is 25.8 Å². The van der Waals surface area contributed by atoms with E-state index in [1.165, 1.54) is 0 Å². The van der Waals surface area contributed by atoms with E-state index in [0.717, 1.165) is 12.8 Å². The number of aromatic nitrogens is 1. The molecule has 0 fully saturated rings. The lowest BCUT2D eigenvalue weighted by atomic mass is 9.96. The standard InChI is InChI=1S/C11H18ClN3/c1-4-11(3,5-2)15-10-9(12)6-8(13)7-14-10/h6-7H,4-5,13H2,1-3H3,(H,14,15). The van der Waals surface area contributed by atoms with Gasteiger partial charge in [0.15, 0.2) is 0 Å². The number of nitrogens with zero attached hydrogens (tertiary/aromatic N) is 1. The van der Waals surface area contributed by atoms with Crippen LogP contribution < -0.4 is 11.1 Å².